The second kappa shape index (κ2) is 7.20. The van der Waals surface area contributed by atoms with Crippen molar-refractivity contribution < 1.29 is 9.18 Å². The number of halogens is 1. The first-order valence-corrected chi connectivity index (χ1v) is 7.59. The van der Waals surface area contributed by atoms with Gasteiger partial charge in [0.25, 0.3) is 0 Å². The molecule has 0 saturated heterocycles. The molecule has 2 rings (SSSR count). The van der Waals surface area contributed by atoms with Crippen LogP contribution in [-0.2, 0) is 11.8 Å². The van der Waals surface area contributed by atoms with Gasteiger partial charge in [0.2, 0.25) is 5.91 Å². The fourth-order valence-corrected chi connectivity index (χ4v) is 2.52. The van der Waals surface area contributed by atoms with Gasteiger partial charge in [0.05, 0.1) is 12.2 Å². The predicted molar refractivity (Wildman–Crippen MR) is 83.7 cm³/mol. The van der Waals surface area contributed by atoms with Crippen molar-refractivity contribution >= 4 is 5.91 Å². The summed E-state index contributed by atoms with van der Waals surface area (Å²) in [6.07, 6.45) is 5.18. The second-order valence-electron chi connectivity index (χ2n) is 5.45. The lowest BCUT2D eigenvalue weighted by Gasteiger charge is -2.21. The van der Waals surface area contributed by atoms with Gasteiger partial charge >= 0.3 is 0 Å². The van der Waals surface area contributed by atoms with Crippen molar-refractivity contribution in [2.24, 2.45) is 13.0 Å². The van der Waals surface area contributed by atoms with Crippen molar-refractivity contribution in [2.75, 3.05) is 0 Å². The first kappa shape index (κ1) is 16.2. The largest absolute Gasteiger partial charge is 0.345 e. The van der Waals surface area contributed by atoms with Crippen molar-refractivity contribution in [3.8, 4) is 0 Å². The van der Waals surface area contributed by atoms with E-state index in [0.717, 1.165) is 24.0 Å². The Hall–Kier alpha value is -2.17. The molecule has 22 heavy (non-hydrogen) atoms. The van der Waals surface area contributed by atoms with Crippen molar-refractivity contribution in [1.82, 2.24) is 15.1 Å². The quantitative estimate of drug-likeness (QED) is 0.891. The molecule has 1 unspecified atom stereocenters. The van der Waals surface area contributed by atoms with E-state index < -0.39 is 0 Å². The molecule has 1 aromatic heterocycles. The number of carbonyl (C=O) groups is 1. The highest BCUT2D eigenvalue weighted by Crippen LogP contribution is 2.23. The molecule has 0 aliphatic rings. The van der Waals surface area contributed by atoms with Crippen LogP contribution in [0.4, 0.5) is 4.39 Å². The maximum absolute atomic E-state index is 13.2. The van der Waals surface area contributed by atoms with Crippen LogP contribution in [0.5, 0.6) is 0 Å². The third-order valence-corrected chi connectivity index (χ3v) is 3.90. The molecular weight excluding hydrogens is 281 g/mol. The highest BCUT2D eigenvalue weighted by Gasteiger charge is 2.22. The molecule has 4 nitrogen and oxygen atoms in total. The predicted octanol–water partition coefficient (Wildman–Crippen LogP) is 3.20. The number of benzene rings is 1. The molecule has 118 valence electrons. The van der Waals surface area contributed by atoms with Gasteiger partial charge in [-0.2, -0.15) is 5.10 Å². The molecule has 0 aliphatic heterocycles. The zero-order valence-corrected chi connectivity index (χ0v) is 13.2. The van der Waals surface area contributed by atoms with Crippen LogP contribution >= 0.6 is 0 Å². The number of rotatable bonds is 6. The van der Waals surface area contributed by atoms with Gasteiger partial charge in [-0.25, -0.2) is 4.39 Å². The highest BCUT2D eigenvalue weighted by atomic mass is 19.1. The van der Waals surface area contributed by atoms with Gasteiger partial charge in [-0.1, -0.05) is 26.0 Å². The van der Waals surface area contributed by atoms with Crippen LogP contribution in [-0.4, -0.2) is 15.7 Å². The SMILES string of the molecule is CCC(CC)C(=O)NC(c1ccc(F)cc1)c1cnn(C)c1. The van der Waals surface area contributed by atoms with E-state index in [1.165, 1.54) is 12.1 Å². The van der Waals surface area contributed by atoms with Gasteiger partial charge in [-0.05, 0) is 30.5 Å². The molecule has 1 heterocycles. The van der Waals surface area contributed by atoms with Gasteiger partial charge < -0.3 is 5.32 Å². The monoisotopic (exact) mass is 303 g/mol. The molecule has 1 aromatic carbocycles. The van der Waals surface area contributed by atoms with E-state index in [1.54, 1.807) is 23.0 Å². The number of nitrogens with one attached hydrogen (secondary N) is 1. The molecule has 2 aromatic rings. The summed E-state index contributed by atoms with van der Waals surface area (Å²) in [6.45, 7) is 4.01. The van der Waals surface area contributed by atoms with Crippen LogP contribution in [0.1, 0.15) is 43.9 Å². The van der Waals surface area contributed by atoms with Crippen LogP contribution in [0.3, 0.4) is 0 Å². The van der Waals surface area contributed by atoms with Gasteiger partial charge in [0, 0.05) is 24.7 Å². The Bertz CT molecular complexity index is 617. The minimum absolute atomic E-state index is 0.0142. The molecule has 1 atom stereocenters. The zero-order chi connectivity index (χ0) is 16.1. The lowest BCUT2D eigenvalue weighted by Crippen LogP contribution is -2.34. The molecule has 0 bridgehead atoms. The maximum atomic E-state index is 13.2. The molecule has 0 spiro atoms. The Morgan fingerprint density at radius 3 is 2.36 bits per heavy atom. The summed E-state index contributed by atoms with van der Waals surface area (Å²) in [6, 6.07) is 5.88. The van der Waals surface area contributed by atoms with E-state index >= 15 is 0 Å². The molecule has 0 aliphatic carbocycles. The van der Waals surface area contributed by atoms with Crippen LogP contribution in [0.15, 0.2) is 36.7 Å². The fourth-order valence-electron chi connectivity index (χ4n) is 2.52. The van der Waals surface area contributed by atoms with Gasteiger partial charge in [-0.3, -0.25) is 9.48 Å². The average Bonchev–Trinajstić information content (AvgIpc) is 2.93. The maximum Gasteiger partial charge on any atom is 0.223 e. The van der Waals surface area contributed by atoms with E-state index in [4.69, 9.17) is 0 Å². The van der Waals surface area contributed by atoms with Crippen LogP contribution in [0, 0.1) is 11.7 Å². The van der Waals surface area contributed by atoms with Gasteiger partial charge in [-0.15, -0.1) is 0 Å². The summed E-state index contributed by atoms with van der Waals surface area (Å²) in [4.78, 5) is 12.4. The van der Waals surface area contributed by atoms with Gasteiger partial charge in [0.1, 0.15) is 5.82 Å². The summed E-state index contributed by atoms with van der Waals surface area (Å²) in [5.74, 6) is -0.289. The first-order valence-electron chi connectivity index (χ1n) is 7.59. The summed E-state index contributed by atoms with van der Waals surface area (Å²) < 4.78 is 14.8. The number of hydrogen-bond acceptors (Lipinski definition) is 2. The minimum atomic E-state index is -0.317. The summed E-state index contributed by atoms with van der Waals surface area (Å²) in [5, 5.41) is 7.23. The Balaban J connectivity index is 2.30. The molecule has 1 amide bonds. The smallest absolute Gasteiger partial charge is 0.223 e. The Morgan fingerprint density at radius 1 is 1.23 bits per heavy atom. The lowest BCUT2D eigenvalue weighted by atomic mass is 9.98. The summed E-state index contributed by atoms with van der Waals surface area (Å²) in [5.41, 5.74) is 1.72. The molecule has 0 radical (unpaired) electrons. The van der Waals surface area contributed by atoms with E-state index in [9.17, 15) is 9.18 Å². The Kier molecular flexibility index (Phi) is 5.31. The van der Waals surface area contributed by atoms with Crippen molar-refractivity contribution in [1.29, 1.82) is 0 Å². The van der Waals surface area contributed by atoms with E-state index in [2.05, 4.69) is 10.4 Å². The van der Waals surface area contributed by atoms with E-state index in [1.807, 2.05) is 27.1 Å². The number of carbonyl (C=O) groups excluding carboxylic acids is 1. The first-order chi connectivity index (χ1) is 10.5. The third kappa shape index (κ3) is 3.72. The van der Waals surface area contributed by atoms with Crippen LogP contribution in [0.25, 0.3) is 0 Å². The molecular formula is C17H22FN3O. The van der Waals surface area contributed by atoms with Crippen molar-refractivity contribution in [3.05, 3.63) is 53.6 Å². The Morgan fingerprint density at radius 2 is 1.86 bits per heavy atom. The minimum Gasteiger partial charge on any atom is -0.345 e. The molecule has 0 saturated carbocycles. The van der Waals surface area contributed by atoms with Gasteiger partial charge in [0.15, 0.2) is 0 Å². The number of amides is 1. The van der Waals surface area contributed by atoms with Crippen molar-refractivity contribution in [2.45, 2.75) is 32.7 Å². The lowest BCUT2D eigenvalue weighted by molar-refractivity contribution is -0.125. The van der Waals surface area contributed by atoms with Crippen LogP contribution in [0.2, 0.25) is 0 Å². The zero-order valence-electron chi connectivity index (χ0n) is 13.2. The van der Waals surface area contributed by atoms with Crippen molar-refractivity contribution in [3.63, 3.8) is 0 Å². The number of hydrogen-bond donors (Lipinski definition) is 1. The van der Waals surface area contributed by atoms with E-state index in [-0.39, 0.29) is 23.7 Å². The molecule has 1 N–H and O–H groups in total. The average molecular weight is 303 g/mol. The normalized spacial score (nSPS) is 12.4. The second-order valence-corrected chi connectivity index (χ2v) is 5.45. The topological polar surface area (TPSA) is 46.9 Å². The summed E-state index contributed by atoms with van der Waals surface area (Å²) in [7, 11) is 1.83. The summed E-state index contributed by atoms with van der Waals surface area (Å²) >= 11 is 0. The fraction of sp³-hybridized carbons (Fsp3) is 0.412. The number of aromatic nitrogens is 2. The highest BCUT2D eigenvalue weighted by molar-refractivity contribution is 5.79. The molecule has 0 fully saturated rings. The van der Waals surface area contributed by atoms with Crippen LogP contribution < -0.4 is 5.32 Å². The Labute approximate surface area is 130 Å². The number of aryl methyl sites for hydroxylation is 1. The molecule has 5 heteroatoms. The third-order valence-electron chi connectivity index (χ3n) is 3.90. The van der Waals surface area contributed by atoms with E-state index in [0.29, 0.717) is 0 Å². The standard InChI is InChI=1S/C17H22FN3O/c1-4-12(5-2)17(22)20-16(14-10-19-21(3)11-14)13-6-8-15(18)9-7-13/h6-12,16H,4-5H2,1-3H3,(H,20,22). The number of nitrogens with zero attached hydrogens (tertiary/aromatic N) is 2.